The lowest BCUT2D eigenvalue weighted by atomic mass is 9.41. The Morgan fingerprint density at radius 2 is 1.69 bits per heavy atom. The molecule has 5 N–H and O–H groups in total. The van der Waals surface area contributed by atoms with Crippen molar-refractivity contribution in [3.8, 4) is 0 Å². The minimum absolute atomic E-state index is 0.0376. The number of fused-ring (bicyclic) bond motifs is 5. The van der Waals surface area contributed by atoms with Crippen LogP contribution >= 0.6 is 0 Å². The Morgan fingerprint density at radius 1 is 1.00 bits per heavy atom. The molecule has 26 heavy (non-hydrogen) atoms. The van der Waals surface area contributed by atoms with Gasteiger partial charge in [0.2, 0.25) is 0 Å². The molecule has 0 amide bonds. The molecule has 0 unspecified atom stereocenters. The van der Waals surface area contributed by atoms with E-state index >= 15 is 0 Å². The van der Waals surface area contributed by atoms with Crippen LogP contribution in [0.3, 0.4) is 0 Å². The van der Waals surface area contributed by atoms with E-state index in [1.165, 1.54) is 0 Å². The lowest BCUT2D eigenvalue weighted by Gasteiger charge is -2.66. The summed E-state index contributed by atoms with van der Waals surface area (Å²) in [7, 11) is 0. The molecule has 0 aromatic rings. The van der Waals surface area contributed by atoms with Crippen molar-refractivity contribution in [2.24, 2.45) is 28.6 Å². The van der Waals surface area contributed by atoms with Crippen LogP contribution < -0.4 is 0 Å². The molecule has 8 atom stereocenters. The standard InChI is InChI=1S/C20H32O6/c1-17-6-3-13-14(20(17,26)9-5-15(17)16(23)24)4-8-19(25)10-12(22)2-7-18(13,19)11-21/h12-15,21-22,25-26H,2-11H2,1H3,(H,23,24)/t12-,13-,14+,15+,17-,18+,19-,20+/m1/s1. The van der Waals surface area contributed by atoms with Crippen molar-refractivity contribution in [1.82, 2.24) is 0 Å². The first-order valence-corrected chi connectivity index (χ1v) is 10.1. The van der Waals surface area contributed by atoms with Crippen LogP contribution in [0.2, 0.25) is 0 Å². The van der Waals surface area contributed by atoms with Crippen LogP contribution in [0.1, 0.15) is 64.7 Å². The molecule has 0 spiro atoms. The van der Waals surface area contributed by atoms with Crippen molar-refractivity contribution >= 4 is 5.97 Å². The highest BCUT2D eigenvalue weighted by atomic mass is 16.4. The average molecular weight is 368 g/mol. The number of hydrogen-bond donors (Lipinski definition) is 5. The van der Waals surface area contributed by atoms with Gasteiger partial charge in [-0.05, 0) is 63.2 Å². The monoisotopic (exact) mass is 368 g/mol. The van der Waals surface area contributed by atoms with Crippen LogP contribution in [0.15, 0.2) is 0 Å². The predicted octanol–water partition coefficient (Wildman–Crippen LogP) is 1.29. The second-order valence-corrected chi connectivity index (χ2v) is 9.80. The van der Waals surface area contributed by atoms with Crippen molar-refractivity contribution < 1.29 is 30.3 Å². The first-order chi connectivity index (χ1) is 12.1. The summed E-state index contributed by atoms with van der Waals surface area (Å²) in [4.78, 5) is 11.8. The van der Waals surface area contributed by atoms with Crippen molar-refractivity contribution in [3.05, 3.63) is 0 Å². The Balaban J connectivity index is 1.74. The summed E-state index contributed by atoms with van der Waals surface area (Å²) in [6.45, 7) is 1.78. The maximum absolute atomic E-state index is 11.8. The molecule has 0 aromatic carbocycles. The van der Waals surface area contributed by atoms with E-state index in [2.05, 4.69) is 0 Å². The lowest BCUT2D eigenvalue weighted by Crippen LogP contribution is -2.69. The van der Waals surface area contributed by atoms with Gasteiger partial charge in [0, 0.05) is 17.3 Å². The number of aliphatic hydroxyl groups is 4. The van der Waals surface area contributed by atoms with E-state index in [0.717, 1.165) is 0 Å². The molecule has 6 nitrogen and oxygen atoms in total. The topological polar surface area (TPSA) is 118 Å². The van der Waals surface area contributed by atoms with Gasteiger partial charge in [0.1, 0.15) is 0 Å². The third kappa shape index (κ3) is 2.05. The van der Waals surface area contributed by atoms with Gasteiger partial charge in [0.15, 0.2) is 0 Å². The van der Waals surface area contributed by atoms with Gasteiger partial charge in [-0.3, -0.25) is 4.79 Å². The summed E-state index contributed by atoms with van der Waals surface area (Å²) in [6, 6.07) is 0. The van der Waals surface area contributed by atoms with E-state index in [1.807, 2.05) is 6.92 Å². The van der Waals surface area contributed by atoms with Crippen molar-refractivity contribution in [2.45, 2.75) is 82.0 Å². The largest absolute Gasteiger partial charge is 0.481 e. The molecule has 0 radical (unpaired) electrons. The van der Waals surface area contributed by atoms with E-state index in [0.29, 0.717) is 51.4 Å². The van der Waals surface area contributed by atoms with Crippen molar-refractivity contribution in [2.75, 3.05) is 6.61 Å². The smallest absolute Gasteiger partial charge is 0.307 e. The Bertz CT molecular complexity index is 609. The van der Waals surface area contributed by atoms with Gasteiger partial charge in [0.05, 0.1) is 29.8 Å². The minimum atomic E-state index is -1.10. The number of carboxylic acids is 1. The van der Waals surface area contributed by atoms with Gasteiger partial charge in [-0.1, -0.05) is 6.92 Å². The molecule has 0 aliphatic heterocycles. The molecular weight excluding hydrogens is 336 g/mol. The molecule has 148 valence electrons. The van der Waals surface area contributed by atoms with E-state index in [-0.39, 0.29) is 24.9 Å². The quantitative estimate of drug-likeness (QED) is 0.501. The van der Waals surface area contributed by atoms with Crippen molar-refractivity contribution in [3.63, 3.8) is 0 Å². The zero-order valence-corrected chi connectivity index (χ0v) is 15.5. The normalized spacial score (nSPS) is 56.3. The van der Waals surface area contributed by atoms with Crippen molar-refractivity contribution in [1.29, 1.82) is 0 Å². The Labute approximate surface area is 154 Å². The summed E-state index contributed by atoms with van der Waals surface area (Å²) in [6.07, 6.45) is 4.19. The van der Waals surface area contributed by atoms with Crippen LogP contribution in [0.25, 0.3) is 0 Å². The zero-order chi connectivity index (χ0) is 19.0. The predicted molar refractivity (Wildman–Crippen MR) is 93.2 cm³/mol. The third-order valence-corrected chi connectivity index (χ3v) is 9.23. The fourth-order valence-corrected chi connectivity index (χ4v) is 7.73. The molecular formula is C20H32O6. The van der Waals surface area contributed by atoms with Gasteiger partial charge in [0.25, 0.3) is 0 Å². The lowest BCUT2D eigenvalue weighted by molar-refractivity contribution is -0.270. The van der Waals surface area contributed by atoms with Crippen LogP contribution in [0, 0.1) is 28.6 Å². The maximum Gasteiger partial charge on any atom is 0.307 e. The van der Waals surface area contributed by atoms with Gasteiger partial charge < -0.3 is 25.5 Å². The highest BCUT2D eigenvalue weighted by Gasteiger charge is 2.71. The summed E-state index contributed by atoms with van der Waals surface area (Å²) in [5, 5.41) is 53.3. The Morgan fingerprint density at radius 3 is 2.35 bits per heavy atom. The van der Waals surface area contributed by atoms with Gasteiger partial charge in [-0.2, -0.15) is 0 Å². The van der Waals surface area contributed by atoms with Gasteiger partial charge in [-0.25, -0.2) is 0 Å². The van der Waals surface area contributed by atoms with E-state index in [4.69, 9.17) is 0 Å². The molecule has 0 bridgehead atoms. The number of rotatable bonds is 2. The summed E-state index contributed by atoms with van der Waals surface area (Å²) >= 11 is 0. The van der Waals surface area contributed by atoms with Crippen LogP contribution in [-0.2, 0) is 4.79 Å². The molecule has 0 aromatic heterocycles. The molecule has 4 aliphatic carbocycles. The number of carboxylic acid groups (broad SMARTS) is 1. The summed E-state index contributed by atoms with van der Waals surface area (Å²) in [5.41, 5.74) is -3.51. The number of hydrogen-bond acceptors (Lipinski definition) is 5. The average Bonchev–Trinajstić information content (AvgIpc) is 2.85. The van der Waals surface area contributed by atoms with Gasteiger partial charge >= 0.3 is 5.97 Å². The Kier molecular flexibility index (Phi) is 4.06. The third-order valence-electron chi connectivity index (χ3n) is 9.23. The highest BCUT2D eigenvalue weighted by molar-refractivity contribution is 5.72. The fourth-order valence-electron chi connectivity index (χ4n) is 7.73. The van der Waals surface area contributed by atoms with E-state index in [1.54, 1.807) is 0 Å². The van der Waals surface area contributed by atoms with E-state index in [9.17, 15) is 30.3 Å². The van der Waals surface area contributed by atoms with Crippen LogP contribution in [0.5, 0.6) is 0 Å². The van der Waals surface area contributed by atoms with Crippen LogP contribution in [-0.4, -0.2) is 55.4 Å². The number of aliphatic hydroxyl groups excluding tert-OH is 2. The first-order valence-electron chi connectivity index (χ1n) is 10.1. The molecule has 4 aliphatic rings. The van der Waals surface area contributed by atoms with Crippen LogP contribution in [0.4, 0.5) is 0 Å². The molecule has 0 heterocycles. The second kappa shape index (κ2) is 5.66. The SMILES string of the molecule is C[C@]12CC[C@@H]3[C@H](CC[C@@]4(O)C[C@H](O)CC[C@]34CO)[C@@]1(O)CC[C@H]2C(=O)O. The summed E-state index contributed by atoms with van der Waals surface area (Å²) < 4.78 is 0. The second-order valence-electron chi connectivity index (χ2n) is 9.80. The zero-order valence-electron chi connectivity index (χ0n) is 15.5. The number of carbonyl (C=O) groups is 1. The van der Waals surface area contributed by atoms with Gasteiger partial charge in [-0.15, -0.1) is 0 Å². The van der Waals surface area contributed by atoms with E-state index < -0.39 is 40.0 Å². The molecule has 4 fully saturated rings. The molecule has 4 rings (SSSR count). The molecule has 0 saturated heterocycles. The molecule has 4 saturated carbocycles. The summed E-state index contributed by atoms with van der Waals surface area (Å²) in [5.74, 6) is -1.50. The number of aliphatic carboxylic acids is 1. The first kappa shape index (κ1) is 18.7. The maximum atomic E-state index is 11.8. The molecule has 6 heteroatoms. The minimum Gasteiger partial charge on any atom is -0.481 e. The Hall–Kier alpha value is -0.690. The fraction of sp³-hybridized carbons (Fsp3) is 0.950. The highest BCUT2D eigenvalue weighted by Crippen LogP contribution is 2.69.